The number of aromatic nitrogens is 2. The number of rotatable bonds is 8. The Hall–Kier alpha value is -4.35. The molecule has 0 spiro atoms. The van der Waals surface area contributed by atoms with Gasteiger partial charge in [0.2, 0.25) is 5.91 Å². The third-order valence-corrected chi connectivity index (χ3v) is 6.67. The molecule has 3 N–H and O–H groups in total. The van der Waals surface area contributed by atoms with Crippen molar-refractivity contribution in [3.05, 3.63) is 70.3 Å². The number of urea groups is 1. The highest BCUT2D eigenvalue weighted by atomic mass is 35.5. The largest absolute Gasteiger partial charge is 0.496 e. The summed E-state index contributed by atoms with van der Waals surface area (Å²) < 4.78 is 12.1. The molecule has 10 nitrogen and oxygen atoms in total. The lowest BCUT2D eigenvalue weighted by Gasteiger charge is -2.14. The van der Waals surface area contributed by atoms with Crippen LogP contribution in [0.15, 0.2) is 53.9 Å². The average molecular weight is 568 g/mol. The van der Waals surface area contributed by atoms with Crippen LogP contribution in [-0.4, -0.2) is 41.2 Å². The molecule has 0 aliphatic heterocycles. The number of carbonyl (C=O) groups excluding carboxylic acids is 3. The standard InChI is InChI=1S/C27H26ClN5O5S/c1-5-38-25(35)24-20(31-26(36)30-19-7-6-8-22(37-4)15(19)2)13-23(28)33(24)18-11-9-17(10-12-18)21-14-39-27(32-21)29-16(3)34/h6-14H,5H2,1-4H3,(H,29,32,34)(H2,30,31,36). The zero-order chi connectivity index (χ0) is 28.1. The molecule has 2 aromatic heterocycles. The summed E-state index contributed by atoms with van der Waals surface area (Å²) in [4.78, 5) is 41.6. The van der Waals surface area contributed by atoms with Crippen LogP contribution in [-0.2, 0) is 9.53 Å². The molecule has 0 bridgehead atoms. The van der Waals surface area contributed by atoms with Crippen molar-refractivity contribution in [1.82, 2.24) is 9.55 Å². The fraction of sp³-hybridized carbons (Fsp3) is 0.185. The Labute approximate surface area is 233 Å². The molecular formula is C27H26ClN5O5S. The summed E-state index contributed by atoms with van der Waals surface area (Å²) in [6.07, 6.45) is 0. The van der Waals surface area contributed by atoms with E-state index in [2.05, 4.69) is 20.9 Å². The minimum Gasteiger partial charge on any atom is -0.496 e. The summed E-state index contributed by atoms with van der Waals surface area (Å²) in [6.45, 7) is 5.07. The van der Waals surface area contributed by atoms with Gasteiger partial charge in [0, 0.05) is 40.9 Å². The highest BCUT2D eigenvalue weighted by molar-refractivity contribution is 7.14. The number of hydrogen-bond acceptors (Lipinski definition) is 7. The third kappa shape index (κ3) is 6.21. The third-order valence-electron chi connectivity index (χ3n) is 5.63. The van der Waals surface area contributed by atoms with Crippen molar-refractivity contribution in [3.63, 3.8) is 0 Å². The summed E-state index contributed by atoms with van der Waals surface area (Å²) in [7, 11) is 1.55. The lowest BCUT2D eigenvalue weighted by atomic mass is 10.1. The molecule has 12 heteroatoms. The number of ether oxygens (including phenoxy) is 2. The normalized spacial score (nSPS) is 10.6. The first-order valence-electron chi connectivity index (χ1n) is 11.9. The van der Waals surface area contributed by atoms with Crippen molar-refractivity contribution in [2.45, 2.75) is 20.8 Å². The SMILES string of the molecule is CCOC(=O)c1c(NC(=O)Nc2cccc(OC)c2C)cc(Cl)n1-c1ccc(-c2csc(NC(C)=O)n2)cc1. The van der Waals surface area contributed by atoms with Crippen molar-refractivity contribution in [1.29, 1.82) is 0 Å². The Morgan fingerprint density at radius 2 is 1.77 bits per heavy atom. The highest BCUT2D eigenvalue weighted by Gasteiger charge is 2.25. The zero-order valence-electron chi connectivity index (χ0n) is 21.6. The van der Waals surface area contributed by atoms with Crippen LogP contribution in [0.3, 0.4) is 0 Å². The lowest BCUT2D eigenvalue weighted by molar-refractivity contribution is -0.114. The number of nitrogens with one attached hydrogen (secondary N) is 3. The summed E-state index contributed by atoms with van der Waals surface area (Å²) in [5.41, 5.74) is 3.61. The quantitative estimate of drug-likeness (QED) is 0.213. The van der Waals surface area contributed by atoms with Gasteiger partial charge in [0.15, 0.2) is 10.8 Å². The maximum atomic E-state index is 13.0. The summed E-state index contributed by atoms with van der Waals surface area (Å²) in [6, 6.07) is 13.4. The number of amides is 3. The molecule has 2 heterocycles. The Bertz CT molecular complexity index is 1530. The molecule has 3 amide bonds. The lowest BCUT2D eigenvalue weighted by Crippen LogP contribution is -2.22. The van der Waals surface area contributed by atoms with E-state index in [1.165, 1.54) is 28.9 Å². The van der Waals surface area contributed by atoms with Gasteiger partial charge in [-0.1, -0.05) is 29.8 Å². The van der Waals surface area contributed by atoms with Crippen molar-refractivity contribution < 1.29 is 23.9 Å². The predicted octanol–water partition coefficient (Wildman–Crippen LogP) is 6.35. The van der Waals surface area contributed by atoms with Gasteiger partial charge in [-0.25, -0.2) is 14.6 Å². The second kappa shape index (κ2) is 12.0. The molecule has 0 aliphatic rings. The first-order valence-corrected chi connectivity index (χ1v) is 13.1. The van der Waals surface area contributed by atoms with E-state index in [0.29, 0.717) is 27.9 Å². The van der Waals surface area contributed by atoms with Gasteiger partial charge in [-0.2, -0.15) is 0 Å². The van der Waals surface area contributed by atoms with Crippen LogP contribution in [0.1, 0.15) is 29.9 Å². The zero-order valence-corrected chi connectivity index (χ0v) is 23.2. The molecule has 39 heavy (non-hydrogen) atoms. The monoisotopic (exact) mass is 567 g/mol. The van der Waals surface area contributed by atoms with Crippen molar-refractivity contribution in [2.75, 3.05) is 29.7 Å². The minimum absolute atomic E-state index is 0.0636. The Morgan fingerprint density at radius 3 is 2.44 bits per heavy atom. The molecule has 202 valence electrons. The molecule has 0 aliphatic carbocycles. The summed E-state index contributed by atoms with van der Waals surface area (Å²) in [5, 5.41) is 10.7. The second-order valence-corrected chi connectivity index (χ2v) is 9.51. The first kappa shape index (κ1) is 27.7. The topological polar surface area (TPSA) is 124 Å². The van der Waals surface area contributed by atoms with Gasteiger partial charge in [0.05, 0.1) is 25.1 Å². The molecule has 4 rings (SSSR count). The number of benzene rings is 2. The van der Waals surface area contributed by atoms with Gasteiger partial charge < -0.3 is 25.4 Å². The number of nitrogens with zero attached hydrogens (tertiary/aromatic N) is 2. The summed E-state index contributed by atoms with van der Waals surface area (Å²) >= 11 is 7.88. The van der Waals surface area contributed by atoms with Gasteiger partial charge in [-0.15, -0.1) is 11.3 Å². The van der Waals surface area contributed by atoms with Gasteiger partial charge in [0.25, 0.3) is 0 Å². The molecule has 0 atom stereocenters. The molecule has 0 saturated carbocycles. The number of esters is 1. The maximum Gasteiger partial charge on any atom is 0.357 e. The van der Waals surface area contributed by atoms with E-state index >= 15 is 0 Å². The van der Waals surface area contributed by atoms with Crippen LogP contribution in [0.4, 0.5) is 21.3 Å². The van der Waals surface area contributed by atoms with E-state index in [1.807, 2.05) is 24.4 Å². The van der Waals surface area contributed by atoms with E-state index in [4.69, 9.17) is 21.1 Å². The average Bonchev–Trinajstić information content (AvgIpc) is 3.49. The molecule has 0 radical (unpaired) electrons. The summed E-state index contributed by atoms with van der Waals surface area (Å²) in [5.74, 6) is -0.223. The number of hydrogen-bond donors (Lipinski definition) is 3. The van der Waals surface area contributed by atoms with Crippen LogP contribution < -0.4 is 20.7 Å². The molecule has 0 unspecified atom stereocenters. The second-order valence-electron chi connectivity index (χ2n) is 8.26. The van der Waals surface area contributed by atoms with Crippen LogP contribution in [0, 0.1) is 6.92 Å². The van der Waals surface area contributed by atoms with E-state index in [0.717, 1.165) is 11.1 Å². The smallest absolute Gasteiger partial charge is 0.357 e. The molecule has 4 aromatic rings. The van der Waals surface area contributed by atoms with Crippen LogP contribution in [0.5, 0.6) is 5.75 Å². The maximum absolute atomic E-state index is 13.0. The van der Waals surface area contributed by atoms with E-state index in [9.17, 15) is 14.4 Å². The van der Waals surface area contributed by atoms with Gasteiger partial charge in [-0.05, 0) is 38.1 Å². The predicted molar refractivity (Wildman–Crippen MR) is 153 cm³/mol. The Morgan fingerprint density at radius 1 is 1.05 bits per heavy atom. The van der Waals surface area contributed by atoms with Crippen molar-refractivity contribution in [2.24, 2.45) is 0 Å². The molecular weight excluding hydrogens is 542 g/mol. The fourth-order valence-electron chi connectivity index (χ4n) is 3.87. The van der Waals surface area contributed by atoms with Crippen LogP contribution in [0.25, 0.3) is 16.9 Å². The number of methoxy groups -OCH3 is 1. The fourth-order valence-corrected chi connectivity index (χ4v) is 4.93. The van der Waals surface area contributed by atoms with Gasteiger partial charge >= 0.3 is 12.0 Å². The highest BCUT2D eigenvalue weighted by Crippen LogP contribution is 2.32. The van der Waals surface area contributed by atoms with Crippen molar-refractivity contribution >= 4 is 57.4 Å². The van der Waals surface area contributed by atoms with Crippen molar-refractivity contribution in [3.8, 4) is 22.7 Å². The number of anilines is 3. The molecule has 2 aromatic carbocycles. The minimum atomic E-state index is -0.652. The Balaban J connectivity index is 1.63. The number of carbonyl (C=O) groups is 3. The molecule has 0 saturated heterocycles. The van der Waals surface area contributed by atoms with E-state index in [1.54, 1.807) is 44.4 Å². The first-order chi connectivity index (χ1) is 18.7. The number of halogens is 1. The van der Waals surface area contributed by atoms with Crippen LogP contribution in [0.2, 0.25) is 5.15 Å². The van der Waals surface area contributed by atoms with E-state index < -0.39 is 12.0 Å². The van der Waals surface area contributed by atoms with Gasteiger partial charge in [0.1, 0.15) is 10.9 Å². The van der Waals surface area contributed by atoms with E-state index in [-0.39, 0.29) is 29.0 Å². The molecule has 0 fully saturated rings. The van der Waals surface area contributed by atoms with Gasteiger partial charge in [-0.3, -0.25) is 9.36 Å². The number of thiazole rings is 1. The Kier molecular flexibility index (Phi) is 8.52. The van der Waals surface area contributed by atoms with Crippen LogP contribution >= 0.6 is 22.9 Å².